The number of carbonyl (C=O) groups is 1. The van der Waals surface area contributed by atoms with Crippen LogP contribution in [0.25, 0.3) is 0 Å². The van der Waals surface area contributed by atoms with Gasteiger partial charge >= 0.3 is 0 Å². The molecule has 0 spiro atoms. The number of hydrogen-bond acceptors (Lipinski definition) is 4. The minimum atomic E-state index is -0.498. The third-order valence-corrected chi connectivity index (χ3v) is 2.90. The van der Waals surface area contributed by atoms with E-state index in [1.165, 1.54) is 24.8 Å². The summed E-state index contributed by atoms with van der Waals surface area (Å²) in [4.78, 5) is 22.1. The summed E-state index contributed by atoms with van der Waals surface area (Å²) in [6.07, 6.45) is 1.88. The molecule has 0 bridgehead atoms. The molecular formula is C10H12N2O3S. The van der Waals surface area contributed by atoms with Crippen LogP contribution in [0.3, 0.4) is 0 Å². The molecule has 0 fully saturated rings. The predicted molar refractivity (Wildman–Crippen MR) is 63.9 cm³/mol. The summed E-state index contributed by atoms with van der Waals surface area (Å²) in [5.74, 6) is -0.320. The van der Waals surface area contributed by atoms with Gasteiger partial charge in [0.05, 0.1) is 4.92 Å². The van der Waals surface area contributed by atoms with Crippen molar-refractivity contribution in [3.63, 3.8) is 0 Å². The highest BCUT2D eigenvalue weighted by atomic mass is 32.2. The van der Waals surface area contributed by atoms with Crippen LogP contribution in [0.15, 0.2) is 17.0 Å². The Hall–Kier alpha value is -1.56. The molecule has 6 heteroatoms. The van der Waals surface area contributed by atoms with Crippen LogP contribution < -0.4 is 5.32 Å². The number of nitro groups is 1. The molecule has 0 saturated heterocycles. The Morgan fingerprint density at radius 2 is 2.12 bits per heavy atom. The molecule has 1 aromatic carbocycles. The van der Waals surface area contributed by atoms with Crippen LogP contribution in [-0.2, 0) is 4.79 Å². The van der Waals surface area contributed by atoms with E-state index in [4.69, 9.17) is 0 Å². The molecule has 0 aliphatic carbocycles. The van der Waals surface area contributed by atoms with Gasteiger partial charge < -0.3 is 5.32 Å². The molecule has 0 aromatic heterocycles. The Balaban J connectivity index is 3.30. The quantitative estimate of drug-likeness (QED) is 0.500. The number of thioether (sulfide) groups is 1. The fraction of sp³-hybridized carbons (Fsp3) is 0.300. The zero-order chi connectivity index (χ0) is 12.3. The molecule has 0 saturated carbocycles. The van der Waals surface area contributed by atoms with Crippen molar-refractivity contribution >= 4 is 29.0 Å². The first-order chi connectivity index (χ1) is 7.45. The van der Waals surface area contributed by atoms with Gasteiger partial charge in [0.25, 0.3) is 5.69 Å². The second-order valence-corrected chi connectivity index (χ2v) is 4.13. The molecule has 0 aliphatic rings. The van der Waals surface area contributed by atoms with Crippen molar-refractivity contribution in [3.05, 3.63) is 27.8 Å². The first kappa shape index (κ1) is 12.5. The molecule has 0 atom stereocenters. The summed E-state index contributed by atoms with van der Waals surface area (Å²) in [6, 6.07) is 3.09. The number of nitrogens with one attached hydrogen (secondary N) is 1. The normalized spacial score (nSPS) is 9.94. The highest BCUT2D eigenvalue weighted by Gasteiger charge is 2.17. The molecule has 0 unspecified atom stereocenters. The number of hydrogen-bond donors (Lipinski definition) is 1. The maximum Gasteiger partial charge on any atom is 0.293 e. The standard InChI is InChI=1S/C10H12N2O3S/c1-6-4-9(12(14)15)8(11-7(2)13)5-10(6)16-3/h4-5H,1-3H3,(H,11,13). The monoisotopic (exact) mass is 240 g/mol. The smallest absolute Gasteiger partial charge is 0.293 e. The molecule has 1 N–H and O–H groups in total. The van der Waals surface area contributed by atoms with Crippen LogP contribution in [0.5, 0.6) is 0 Å². The van der Waals surface area contributed by atoms with Crippen molar-refractivity contribution in [2.45, 2.75) is 18.7 Å². The lowest BCUT2D eigenvalue weighted by molar-refractivity contribution is -0.384. The van der Waals surface area contributed by atoms with Crippen LogP contribution >= 0.6 is 11.8 Å². The number of anilines is 1. The van der Waals surface area contributed by atoms with E-state index < -0.39 is 4.92 Å². The summed E-state index contributed by atoms with van der Waals surface area (Å²) >= 11 is 1.48. The lowest BCUT2D eigenvalue weighted by Gasteiger charge is -2.08. The zero-order valence-electron chi connectivity index (χ0n) is 9.23. The molecule has 86 valence electrons. The average Bonchev–Trinajstić information content (AvgIpc) is 2.19. The van der Waals surface area contributed by atoms with E-state index in [2.05, 4.69) is 5.32 Å². The molecule has 0 aliphatic heterocycles. The molecule has 1 aromatic rings. The number of aryl methyl sites for hydroxylation is 1. The summed E-state index contributed by atoms with van der Waals surface area (Å²) in [5, 5.41) is 13.3. The average molecular weight is 240 g/mol. The van der Waals surface area contributed by atoms with E-state index in [0.717, 1.165) is 10.5 Å². The number of rotatable bonds is 3. The minimum Gasteiger partial charge on any atom is -0.321 e. The molecular weight excluding hydrogens is 228 g/mol. The summed E-state index contributed by atoms with van der Waals surface area (Å²) in [6.45, 7) is 3.12. The second kappa shape index (κ2) is 4.98. The summed E-state index contributed by atoms with van der Waals surface area (Å²) in [7, 11) is 0. The molecule has 1 amide bonds. The van der Waals surface area contributed by atoms with Crippen molar-refractivity contribution in [3.8, 4) is 0 Å². The molecule has 16 heavy (non-hydrogen) atoms. The van der Waals surface area contributed by atoms with Crippen LogP contribution in [0.2, 0.25) is 0 Å². The number of carbonyl (C=O) groups excluding carboxylic acids is 1. The third-order valence-electron chi connectivity index (χ3n) is 2.02. The van der Waals surface area contributed by atoms with Gasteiger partial charge in [0.2, 0.25) is 5.91 Å². The Labute approximate surface area is 97.4 Å². The number of amides is 1. The van der Waals surface area contributed by atoms with Gasteiger partial charge in [-0.2, -0.15) is 0 Å². The molecule has 0 heterocycles. The van der Waals surface area contributed by atoms with Gasteiger partial charge in [-0.3, -0.25) is 14.9 Å². The fourth-order valence-electron chi connectivity index (χ4n) is 1.33. The van der Waals surface area contributed by atoms with Crippen molar-refractivity contribution in [1.29, 1.82) is 0 Å². The van der Waals surface area contributed by atoms with Gasteiger partial charge in [0.15, 0.2) is 0 Å². The first-order valence-electron chi connectivity index (χ1n) is 4.56. The molecule has 1 rings (SSSR count). The van der Waals surface area contributed by atoms with E-state index in [1.54, 1.807) is 13.0 Å². The van der Waals surface area contributed by atoms with Crippen LogP contribution in [0.1, 0.15) is 12.5 Å². The Morgan fingerprint density at radius 1 is 1.50 bits per heavy atom. The fourth-order valence-corrected chi connectivity index (χ4v) is 1.95. The molecule has 0 radical (unpaired) electrons. The maximum absolute atomic E-state index is 10.9. The summed E-state index contributed by atoms with van der Waals surface area (Å²) in [5.41, 5.74) is 0.992. The topological polar surface area (TPSA) is 72.2 Å². The van der Waals surface area contributed by atoms with Crippen molar-refractivity contribution < 1.29 is 9.72 Å². The number of benzene rings is 1. The van der Waals surface area contributed by atoms with E-state index in [-0.39, 0.29) is 17.3 Å². The lowest BCUT2D eigenvalue weighted by Crippen LogP contribution is -2.08. The molecule has 5 nitrogen and oxygen atoms in total. The first-order valence-corrected chi connectivity index (χ1v) is 5.78. The van der Waals surface area contributed by atoms with Gasteiger partial charge in [-0.1, -0.05) is 0 Å². The van der Waals surface area contributed by atoms with E-state index >= 15 is 0 Å². The van der Waals surface area contributed by atoms with Crippen molar-refractivity contribution in [1.82, 2.24) is 0 Å². The predicted octanol–water partition coefficient (Wildman–Crippen LogP) is 2.58. The van der Waals surface area contributed by atoms with Crippen LogP contribution in [0, 0.1) is 17.0 Å². The van der Waals surface area contributed by atoms with Gasteiger partial charge in [-0.05, 0) is 24.8 Å². The van der Waals surface area contributed by atoms with Gasteiger partial charge in [-0.15, -0.1) is 11.8 Å². The highest BCUT2D eigenvalue weighted by Crippen LogP contribution is 2.32. The Bertz CT molecular complexity index is 446. The number of nitrogens with zero attached hydrogens (tertiary/aromatic N) is 1. The van der Waals surface area contributed by atoms with E-state index in [0.29, 0.717) is 0 Å². The maximum atomic E-state index is 10.9. The van der Waals surface area contributed by atoms with Gasteiger partial charge in [0, 0.05) is 17.9 Å². The minimum absolute atomic E-state index is 0.0782. The third kappa shape index (κ3) is 2.73. The van der Waals surface area contributed by atoms with Gasteiger partial charge in [0.1, 0.15) is 5.69 Å². The SMILES string of the molecule is CSc1cc(NC(C)=O)c([N+](=O)[O-])cc1C. The summed E-state index contributed by atoms with van der Waals surface area (Å²) < 4.78 is 0. The number of nitro benzene ring substituents is 1. The zero-order valence-corrected chi connectivity index (χ0v) is 10.1. The Morgan fingerprint density at radius 3 is 2.56 bits per heavy atom. The highest BCUT2D eigenvalue weighted by molar-refractivity contribution is 7.98. The van der Waals surface area contributed by atoms with Crippen LogP contribution in [-0.4, -0.2) is 17.1 Å². The van der Waals surface area contributed by atoms with Crippen LogP contribution in [0.4, 0.5) is 11.4 Å². The Kier molecular flexibility index (Phi) is 3.89. The van der Waals surface area contributed by atoms with E-state index in [9.17, 15) is 14.9 Å². The van der Waals surface area contributed by atoms with Gasteiger partial charge in [-0.25, -0.2) is 0 Å². The second-order valence-electron chi connectivity index (χ2n) is 3.28. The van der Waals surface area contributed by atoms with Crippen molar-refractivity contribution in [2.75, 3.05) is 11.6 Å². The van der Waals surface area contributed by atoms with E-state index in [1.807, 2.05) is 6.26 Å². The lowest BCUT2D eigenvalue weighted by atomic mass is 10.2. The largest absolute Gasteiger partial charge is 0.321 e. The van der Waals surface area contributed by atoms with Crippen molar-refractivity contribution in [2.24, 2.45) is 0 Å².